The van der Waals surface area contributed by atoms with Gasteiger partial charge in [0.25, 0.3) is 0 Å². The summed E-state index contributed by atoms with van der Waals surface area (Å²) in [5.74, 6) is -1.78. The number of aliphatic hydroxyl groups excluding tert-OH is 1. The first-order valence-corrected chi connectivity index (χ1v) is 8.32. The SMILES string of the molecule is OCc1c(Cl)cc(-c2c[nH]c3ncc(Br)cc23)c(OCC(F)(F)F)c1F. The Balaban J connectivity index is 2.23. The van der Waals surface area contributed by atoms with E-state index in [4.69, 9.17) is 16.3 Å². The van der Waals surface area contributed by atoms with Gasteiger partial charge in [0.2, 0.25) is 0 Å². The normalized spacial score (nSPS) is 12.0. The lowest BCUT2D eigenvalue weighted by Crippen LogP contribution is -2.20. The maximum Gasteiger partial charge on any atom is 0.422 e. The van der Waals surface area contributed by atoms with Gasteiger partial charge in [-0.3, -0.25) is 0 Å². The highest BCUT2D eigenvalue weighted by molar-refractivity contribution is 9.10. The number of ether oxygens (including phenoxy) is 1. The molecule has 0 spiro atoms. The number of fused-ring (bicyclic) bond motifs is 1. The van der Waals surface area contributed by atoms with E-state index < -0.39 is 31.0 Å². The Morgan fingerprint density at radius 1 is 1.27 bits per heavy atom. The molecule has 138 valence electrons. The Bertz CT molecular complexity index is 975. The number of benzene rings is 1. The summed E-state index contributed by atoms with van der Waals surface area (Å²) in [6.45, 7) is -2.47. The van der Waals surface area contributed by atoms with E-state index in [1.807, 2.05) is 0 Å². The smallest absolute Gasteiger partial charge is 0.422 e. The van der Waals surface area contributed by atoms with Crippen molar-refractivity contribution in [3.8, 4) is 16.9 Å². The van der Waals surface area contributed by atoms with E-state index in [1.54, 1.807) is 6.07 Å². The lowest BCUT2D eigenvalue weighted by atomic mass is 10.0. The van der Waals surface area contributed by atoms with Gasteiger partial charge in [0.15, 0.2) is 18.2 Å². The second kappa shape index (κ2) is 7.05. The van der Waals surface area contributed by atoms with Crippen molar-refractivity contribution in [2.24, 2.45) is 0 Å². The summed E-state index contributed by atoms with van der Waals surface area (Å²) in [4.78, 5) is 6.99. The number of rotatable bonds is 4. The maximum absolute atomic E-state index is 14.7. The molecule has 0 aliphatic rings. The van der Waals surface area contributed by atoms with Crippen molar-refractivity contribution < 1.29 is 27.4 Å². The molecular weight excluding hydrogens is 444 g/mol. The molecule has 2 heterocycles. The van der Waals surface area contributed by atoms with Crippen molar-refractivity contribution in [3.05, 3.63) is 45.4 Å². The average Bonchev–Trinajstić information content (AvgIpc) is 2.95. The molecule has 2 aromatic heterocycles. The fourth-order valence-electron chi connectivity index (χ4n) is 2.48. The molecule has 3 rings (SSSR count). The Morgan fingerprint density at radius 3 is 2.65 bits per heavy atom. The van der Waals surface area contributed by atoms with Crippen LogP contribution in [0.25, 0.3) is 22.2 Å². The van der Waals surface area contributed by atoms with Crippen LogP contribution in [0.2, 0.25) is 5.02 Å². The number of halogens is 6. The number of nitrogens with one attached hydrogen (secondary N) is 1. The van der Waals surface area contributed by atoms with Crippen LogP contribution in [0, 0.1) is 5.82 Å². The highest BCUT2D eigenvalue weighted by atomic mass is 79.9. The maximum atomic E-state index is 14.7. The van der Waals surface area contributed by atoms with Crippen molar-refractivity contribution in [2.75, 3.05) is 6.61 Å². The highest BCUT2D eigenvalue weighted by Crippen LogP contribution is 2.41. The molecule has 0 saturated carbocycles. The van der Waals surface area contributed by atoms with Gasteiger partial charge in [-0.1, -0.05) is 11.6 Å². The van der Waals surface area contributed by atoms with E-state index in [0.717, 1.165) is 0 Å². The van der Waals surface area contributed by atoms with Gasteiger partial charge in [0.1, 0.15) is 5.65 Å². The van der Waals surface area contributed by atoms with Crippen LogP contribution in [0.3, 0.4) is 0 Å². The largest absolute Gasteiger partial charge is 0.480 e. The highest BCUT2D eigenvalue weighted by Gasteiger charge is 2.31. The predicted octanol–water partition coefficient (Wildman–Crippen LogP) is 5.22. The molecule has 1 aromatic carbocycles. The molecule has 0 amide bonds. The number of hydrogen-bond donors (Lipinski definition) is 2. The Labute approximate surface area is 157 Å². The van der Waals surface area contributed by atoms with Crippen molar-refractivity contribution in [2.45, 2.75) is 12.8 Å². The number of pyridine rings is 1. The van der Waals surface area contributed by atoms with Crippen molar-refractivity contribution in [1.82, 2.24) is 9.97 Å². The molecule has 3 aromatic rings. The van der Waals surface area contributed by atoms with Crippen LogP contribution >= 0.6 is 27.5 Å². The molecule has 2 N–H and O–H groups in total. The van der Waals surface area contributed by atoms with Crippen LogP contribution < -0.4 is 4.74 Å². The minimum Gasteiger partial charge on any atom is -0.480 e. The molecule has 0 aliphatic carbocycles. The molecule has 26 heavy (non-hydrogen) atoms. The van der Waals surface area contributed by atoms with Crippen LogP contribution in [0.15, 0.2) is 29.0 Å². The second-order valence-corrected chi connectivity index (χ2v) is 6.66. The quantitative estimate of drug-likeness (QED) is 0.533. The fraction of sp³-hybridized carbons (Fsp3) is 0.188. The van der Waals surface area contributed by atoms with E-state index in [1.165, 1.54) is 18.5 Å². The number of aromatic amines is 1. The lowest BCUT2D eigenvalue weighted by Gasteiger charge is -2.16. The first-order valence-electron chi connectivity index (χ1n) is 7.15. The summed E-state index contributed by atoms with van der Waals surface area (Å²) in [6.07, 6.45) is -1.66. The number of alkyl halides is 3. The Kier molecular flexibility index (Phi) is 5.14. The van der Waals surface area contributed by atoms with Gasteiger partial charge in [-0.2, -0.15) is 13.2 Å². The topological polar surface area (TPSA) is 58.1 Å². The third-order valence-electron chi connectivity index (χ3n) is 3.59. The Hall–Kier alpha value is -1.84. The number of H-pyrrole nitrogens is 1. The molecule has 0 radical (unpaired) electrons. The van der Waals surface area contributed by atoms with Crippen molar-refractivity contribution in [3.63, 3.8) is 0 Å². The molecule has 0 saturated heterocycles. The Morgan fingerprint density at radius 2 is 2.00 bits per heavy atom. The summed E-state index contributed by atoms with van der Waals surface area (Å²) in [6, 6.07) is 2.93. The zero-order valence-electron chi connectivity index (χ0n) is 12.8. The number of aromatic nitrogens is 2. The number of hydrogen-bond acceptors (Lipinski definition) is 3. The van der Waals surface area contributed by atoms with Crippen LogP contribution in [-0.2, 0) is 6.61 Å². The first-order chi connectivity index (χ1) is 12.2. The zero-order valence-corrected chi connectivity index (χ0v) is 15.1. The molecular formula is C16H10BrClF4N2O2. The number of nitrogens with zero attached hydrogens (tertiary/aromatic N) is 1. The van der Waals surface area contributed by atoms with Gasteiger partial charge in [-0.05, 0) is 28.1 Å². The van der Waals surface area contributed by atoms with E-state index in [9.17, 15) is 22.7 Å². The molecule has 0 fully saturated rings. The van der Waals surface area contributed by atoms with Gasteiger partial charge < -0.3 is 14.8 Å². The molecule has 10 heteroatoms. The predicted molar refractivity (Wildman–Crippen MR) is 91.7 cm³/mol. The third-order valence-corrected chi connectivity index (χ3v) is 4.37. The zero-order chi connectivity index (χ0) is 19.1. The van der Waals surface area contributed by atoms with Gasteiger partial charge in [0.05, 0.1) is 6.61 Å². The van der Waals surface area contributed by atoms with E-state index in [2.05, 4.69) is 25.9 Å². The summed E-state index contributed by atoms with van der Waals surface area (Å²) in [7, 11) is 0. The summed E-state index contributed by atoms with van der Waals surface area (Å²) >= 11 is 9.24. The van der Waals surface area contributed by atoms with Crippen LogP contribution in [0.4, 0.5) is 17.6 Å². The van der Waals surface area contributed by atoms with Gasteiger partial charge in [-0.25, -0.2) is 9.37 Å². The summed E-state index contributed by atoms with van der Waals surface area (Å²) < 4.78 is 57.7. The first kappa shape index (κ1) is 18.9. The molecule has 0 bridgehead atoms. The van der Waals surface area contributed by atoms with Crippen LogP contribution in [0.1, 0.15) is 5.56 Å². The van der Waals surface area contributed by atoms with Gasteiger partial charge in [0, 0.05) is 44.0 Å². The standard InChI is InChI=1S/C16H10BrClF4N2O2/c17-7-1-9-10(4-24-15(9)23-3-7)8-2-12(18)11(5-25)13(19)14(8)26-6-16(20,21)22/h1-4,25H,5-6H2,(H,23,24). The minimum absolute atomic E-state index is 0.0140. The molecule has 0 atom stereocenters. The molecule has 4 nitrogen and oxygen atoms in total. The van der Waals surface area contributed by atoms with E-state index in [-0.39, 0.29) is 16.1 Å². The third kappa shape index (κ3) is 3.65. The van der Waals surface area contributed by atoms with E-state index in [0.29, 0.717) is 21.1 Å². The van der Waals surface area contributed by atoms with Gasteiger partial charge >= 0.3 is 6.18 Å². The van der Waals surface area contributed by atoms with E-state index >= 15 is 0 Å². The van der Waals surface area contributed by atoms with Gasteiger partial charge in [-0.15, -0.1) is 0 Å². The van der Waals surface area contributed by atoms with Crippen molar-refractivity contribution in [1.29, 1.82) is 0 Å². The monoisotopic (exact) mass is 452 g/mol. The summed E-state index contributed by atoms with van der Waals surface area (Å²) in [5, 5.41) is 9.66. The lowest BCUT2D eigenvalue weighted by molar-refractivity contribution is -0.153. The summed E-state index contributed by atoms with van der Waals surface area (Å²) in [5.41, 5.74) is 0.482. The van der Waals surface area contributed by atoms with Crippen LogP contribution in [-0.4, -0.2) is 27.9 Å². The number of aliphatic hydroxyl groups is 1. The van der Waals surface area contributed by atoms with Crippen LogP contribution in [0.5, 0.6) is 5.75 Å². The second-order valence-electron chi connectivity index (χ2n) is 5.34. The molecule has 0 unspecified atom stereocenters. The average molecular weight is 454 g/mol. The molecule has 0 aliphatic heterocycles. The fourth-order valence-corrected chi connectivity index (χ4v) is 3.06. The minimum atomic E-state index is -4.66. The van der Waals surface area contributed by atoms with Crippen molar-refractivity contribution >= 4 is 38.6 Å².